The van der Waals surface area contributed by atoms with Crippen LogP contribution in [0.25, 0.3) is 6.08 Å². The fraction of sp³-hybridized carbons (Fsp3) is 0.172. The van der Waals surface area contributed by atoms with E-state index in [-0.39, 0.29) is 18.1 Å². The summed E-state index contributed by atoms with van der Waals surface area (Å²) in [6.07, 6.45) is 2.25. The third-order valence-corrected chi connectivity index (χ3v) is 5.89. The number of aryl methyl sites for hydroxylation is 1. The summed E-state index contributed by atoms with van der Waals surface area (Å²) in [4.78, 5) is 50.4. The van der Waals surface area contributed by atoms with E-state index in [0.717, 1.165) is 16.9 Å². The predicted octanol–water partition coefficient (Wildman–Crippen LogP) is 4.46. The number of barbiturate groups is 1. The Morgan fingerprint density at radius 2 is 1.71 bits per heavy atom. The van der Waals surface area contributed by atoms with E-state index in [4.69, 9.17) is 9.47 Å². The molecule has 0 bridgehead atoms. The van der Waals surface area contributed by atoms with Gasteiger partial charge in [0.1, 0.15) is 23.7 Å². The zero-order valence-corrected chi connectivity index (χ0v) is 21.2. The summed E-state index contributed by atoms with van der Waals surface area (Å²) in [6.45, 7) is 3.59. The van der Waals surface area contributed by atoms with Crippen LogP contribution in [0.3, 0.4) is 0 Å². The number of hydrogen-bond donors (Lipinski definition) is 2. The van der Waals surface area contributed by atoms with E-state index in [1.54, 1.807) is 54.6 Å². The number of benzene rings is 3. The SMILES string of the molecule is CCc1ccc(N2C(=O)NC(=O)/C(=C\c3ccc(OC)c(COc4ccc(NC(C)=O)cc4)c3)C2=O)cc1. The van der Waals surface area contributed by atoms with Gasteiger partial charge in [-0.15, -0.1) is 0 Å². The molecule has 1 aliphatic heterocycles. The van der Waals surface area contributed by atoms with Crippen LogP contribution in [0.4, 0.5) is 16.2 Å². The van der Waals surface area contributed by atoms with E-state index in [2.05, 4.69) is 10.6 Å². The summed E-state index contributed by atoms with van der Waals surface area (Å²) < 4.78 is 11.3. The van der Waals surface area contributed by atoms with Crippen molar-refractivity contribution < 1.29 is 28.7 Å². The standard InChI is InChI=1S/C29H27N3O6/c1-4-19-5-10-23(11-6-19)32-28(35)25(27(34)31-29(32)36)16-20-7-14-26(37-3)21(15-20)17-38-24-12-8-22(9-13-24)30-18(2)33/h5-16H,4,17H2,1-3H3,(H,30,33)(H,31,34,36)/b25-16+. The lowest BCUT2D eigenvalue weighted by molar-refractivity contribution is -0.122. The molecule has 1 saturated heterocycles. The van der Waals surface area contributed by atoms with Crippen molar-refractivity contribution in [3.05, 3.63) is 89.0 Å². The highest BCUT2D eigenvalue weighted by Crippen LogP contribution is 2.26. The molecule has 194 valence electrons. The van der Waals surface area contributed by atoms with Gasteiger partial charge in [0.2, 0.25) is 5.91 Å². The molecule has 0 aromatic heterocycles. The number of carbonyl (C=O) groups excluding carboxylic acids is 4. The Labute approximate surface area is 220 Å². The van der Waals surface area contributed by atoms with Gasteiger partial charge in [-0.3, -0.25) is 19.7 Å². The Morgan fingerprint density at radius 1 is 1.00 bits per heavy atom. The number of amides is 5. The molecule has 4 rings (SSSR count). The molecule has 0 atom stereocenters. The van der Waals surface area contributed by atoms with E-state index in [9.17, 15) is 19.2 Å². The van der Waals surface area contributed by atoms with Crippen molar-refractivity contribution in [1.29, 1.82) is 0 Å². The third kappa shape index (κ3) is 5.89. The summed E-state index contributed by atoms with van der Waals surface area (Å²) in [7, 11) is 1.53. The molecular formula is C29H27N3O6. The molecule has 0 unspecified atom stereocenters. The second kappa shape index (κ2) is 11.4. The van der Waals surface area contributed by atoms with Gasteiger partial charge in [-0.1, -0.05) is 25.1 Å². The van der Waals surface area contributed by atoms with Crippen molar-refractivity contribution in [3.63, 3.8) is 0 Å². The minimum atomic E-state index is -0.797. The van der Waals surface area contributed by atoms with Crippen LogP contribution in [0.5, 0.6) is 11.5 Å². The summed E-state index contributed by atoms with van der Waals surface area (Å²) in [5.41, 5.74) is 3.15. The quantitative estimate of drug-likeness (QED) is 0.340. The van der Waals surface area contributed by atoms with Gasteiger partial charge in [-0.2, -0.15) is 0 Å². The van der Waals surface area contributed by atoms with E-state index < -0.39 is 17.8 Å². The van der Waals surface area contributed by atoms with Crippen LogP contribution >= 0.6 is 0 Å². The van der Waals surface area contributed by atoms with Crippen molar-refractivity contribution >= 4 is 41.2 Å². The lowest BCUT2D eigenvalue weighted by atomic mass is 10.0. The van der Waals surface area contributed by atoms with Gasteiger partial charge in [0.05, 0.1) is 12.8 Å². The molecular weight excluding hydrogens is 486 g/mol. The first-order chi connectivity index (χ1) is 18.3. The molecule has 0 aliphatic carbocycles. The minimum Gasteiger partial charge on any atom is -0.496 e. The topological polar surface area (TPSA) is 114 Å². The van der Waals surface area contributed by atoms with E-state index in [0.29, 0.717) is 34.0 Å². The van der Waals surface area contributed by atoms with Crippen LogP contribution in [-0.4, -0.2) is 30.9 Å². The minimum absolute atomic E-state index is 0.147. The maximum atomic E-state index is 13.2. The first-order valence-corrected chi connectivity index (χ1v) is 12.0. The van der Waals surface area contributed by atoms with E-state index >= 15 is 0 Å². The number of nitrogens with zero attached hydrogens (tertiary/aromatic N) is 1. The molecule has 0 radical (unpaired) electrons. The summed E-state index contributed by atoms with van der Waals surface area (Å²) in [6, 6.07) is 18.3. The number of hydrogen-bond acceptors (Lipinski definition) is 6. The van der Waals surface area contributed by atoms with Crippen LogP contribution in [0.2, 0.25) is 0 Å². The molecule has 2 N–H and O–H groups in total. The lowest BCUT2D eigenvalue weighted by Gasteiger charge is -2.26. The number of ether oxygens (including phenoxy) is 2. The smallest absolute Gasteiger partial charge is 0.335 e. The Bertz CT molecular complexity index is 1410. The molecule has 1 fully saturated rings. The highest BCUT2D eigenvalue weighted by molar-refractivity contribution is 6.39. The van der Waals surface area contributed by atoms with Gasteiger partial charge in [0, 0.05) is 18.2 Å². The average Bonchev–Trinajstić information content (AvgIpc) is 2.90. The highest BCUT2D eigenvalue weighted by Gasteiger charge is 2.36. The number of anilines is 2. The fourth-order valence-corrected chi connectivity index (χ4v) is 3.94. The Kier molecular flexibility index (Phi) is 7.86. The maximum Gasteiger partial charge on any atom is 0.335 e. The molecule has 1 aliphatic rings. The van der Waals surface area contributed by atoms with Gasteiger partial charge in [-0.05, 0) is 72.2 Å². The Morgan fingerprint density at radius 3 is 2.34 bits per heavy atom. The van der Waals surface area contributed by atoms with Gasteiger partial charge in [0.25, 0.3) is 11.8 Å². The van der Waals surface area contributed by atoms with Gasteiger partial charge < -0.3 is 14.8 Å². The highest BCUT2D eigenvalue weighted by atomic mass is 16.5. The van der Waals surface area contributed by atoms with Gasteiger partial charge >= 0.3 is 6.03 Å². The predicted molar refractivity (Wildman–Crippen MR) is 143 cm³/mol. The molecule has 5 amide bonds. The number of carbonyl (C=O) groups is 4. The molecule has 3 aromatic rings. The molecule has 3 aromatic carbocycles. The van der Waals surface area contributed by atoms with Crippen molar-refractivity contribution in [2.45, 2.75) is 26.9 Å². The zero-order valence-electron chi connectivity index (χ0n) is 21.2. The number of nitrogens with one attached hydrogen (secondary N) is 2. The summed E-state index contributed by atoms with van der Waals surface area (Å²) >= 11 is 0. The molecule has 0 spiro atoms. The Balaban J connectivity index is 1.56. The summed E-state index contributed by atoms with van der Waals surface area (Å²) in [5.74, 6) is -0.504. The van der Waals surface area contributed by atoms with Crippen molar-refractivity contribution in [2.24, 2.45) is 0 Å². The fourth-order valence-electron chi connectivity index (χ4n) is 3.94. The normalized spacial score (nSPS) is 14.3. The number of rotatable bonds is 8. The van der Waals surface area contributed by atoms with E-state index in [1.165, 1.54) is 20.1 Å². The lowest BCUT2D eigenvalue weighted by Crippen LogP contribution is -2.54. The molecule has 9 heteroatoms. The second-order valence-corrected chi connectivity index (χ2v) is 8.54. The van der Waals surface area contributed by atoms with Gasteiger partial charge in [0.15, 0.2) is 0 Å². The zero-order chi connectivity index (χ0) is 27.2. The first-order valence-electron chi connectivity index (χ1n) is 12.0. The largest absolute Gasteiger partial charge is 0.496 e. The maximum absolute atomic E-state index is 13.2. The van der Waals surface area contributed by atoms with Crippen molar-refractivity contribution in [1.82, 2.24) is 5.32 Å². The summed E-state index contributed by atoms with van der Waals surface area (Å²) in [5, 5.41) is 4.93. The van der Waals surface area contributed by atoms with Crippen LogP contribution < -0.4 is 25.0 Å². The molecule has 38 heavy (non-hydrogen) atoms. The first kappa shape index (κ1) is 26.2. The Hall–Kier alpha value is -4.92. The molecule has 1 heterocycles. The van der Waals surface area contributed by atoms with Crippen molar-refractivity contribution in [2.75, 3.05) is 17.3 Å². The molecule has 0 saturated carbocycles. The second-order valence-electron chi connectivity index (χ2n) is 8.54. The third-order valence-electron chi connectivity index (χ3n) is 5.89. The van der Waals surface area contributed by atoms with E-state index in [1.807, 2.05) is 19.1 Å². The van der Waals surface area contributed by atoms with Crippen LogP contribution in [0.15, 0.2) is 72.3 Å². The number of methoxy groups -OCH3 is 1. The number of imide groups is 2. The monoisotopic (exact) mass is 513 g/mol. The van der Waals surface area contributed by atoms with Crippen molar-refractivity contribution in [3.8, 4) is 11.5 Å². The molecule has 9 nitrogen and oxygen atoms in total. The average molecular weight is 514 g/mol. The van der Waals surface area contributed by atoms with Crippen LogP contribution in [0.1, 0.15) is 30.5 Å². The van der Waals surface area contributed by atoms with Crippen LogP contribution in [-0.2, 0) is 27.4 Å². The number of urea groups is 1. The van der Waals surface area contributed by atoms with Gasteiger partial charge in [-0.25, -0.2) is 9.69 Å². The van der Waals surface area contributed by atoms with Crippen LogP contribution in [0, 0.1) is 0 Å².